The number of rotatable bonds is 3. The smallest absolute Gasteiger partial charge is 0.265 e. The first kappa shape index (κ1) is 13.4. The van der Waals surface area contributed by atoms with Crippen molar-refractivity contribution in [3.05, 3.63) is 35.2 Å². The van der Waals surface area contributed by atoms with Crippen molar-refractivity contribution in [2.24, 2.45) is 0 Å². The molecule has 4 N–H and O–H groups in total. The van der Waals surface area contributed by atoms with Crippen molar-refractivity contribution in [2.75, 3.05) is 10.5 Å². The van der Waals surface area contributed by atoms with Crippen LogP contribution in [0.3, 0.4) is 0 Å². The molecule has 0 fully saturated rings. The first-order valence-electron chi connectivity index (χ1n) is 5.71. The number of hydrogen-bond donors (Lipinski definition) is 3. The van der Waals surface area contributed by atoms with Crippen LogP contribution < -0.4 is 10.5 Å². The average Bonchev–Trinajstić information content (AvgIpc) is 2.70. The van der Waals surface area contributed by atoms with Gasteiger partial charge in [0, 0.05) is 5.69 Å². The molecular formula is C12H16N4O2S. The van der Waals surface area contributed by atoms with Gasteiger partial charge in [-0.2, -0.15) is 5.10 Å². The summed E-state index contributed by atoms with van der Waals surface area (Å²) in [7, 11) is -3.64. The molecule has 1 aromatic carbocycles. The van der Waals surface area contributed by atoms with E-state index in [9.17, 15) is 8.42 Å². The van der Waals surface area contributed by atoms with E-state index in [1.54, 1.807) is 19.1 Å². The molecule has 2 rings (SSSR count). The number of aryl methyl sites for hydroxylation is 3. The Kier molecular flexibility index (Phi) is 3.23. The second-order valence-corrected chi connectivity index (χ2v) is 6.15. The molecule has 0 unspecified atom stereocenters. The lowest BCUT2D eigenvalue weighted by Crippen LogP contribution is -2.15. The minimum Gasteiger partial charge on any atom is -0.399 e. The van der Waals surface area contributed by atoms with Gasteiger partial charge in [-0.05, 0) is 44.0 Å². The molecule has 7 heteroatoms. The third kappa shape index (κ3) is 2.55. The number of nitrogen functional groups attached to an aromatic ring is 1. The molecule has 0 aliphatic carbocycles. The number of aromatic nitrogens is 2. The molecule has 1 aromatic heterocycles. The van der Waals surface area contributed by atoms with Crippen LogP contribution in [0.25, 0.3) is 0 Å². The van der Waals surface area contributed by atoms with Gasteiger partial charge in [0.25, 0.3) is 10.0 Å². The Morgan fingerprint density at radius 1 is 1.21 bits per heavy atom. The maximum absolute atomic E-state index is 12.3. The molecule has 0 aliphatic rings. The summed E-state index contributed by atoms with van der Waals surface area (Å²) in [5, 5.41) is 6.33. The molecule has 0 amide bonds. The van der Waals surface area contributed by atoms with E-state index in [0.717, 1.165) is 11.1 Å². The van der Waals surface area contributed by atoms with Crippen molar-refractivity contribution in [3.8, 4) is 0 Å². The van der Waals surface area contributed by atoms with Gasteiger partial charge < -0.3 is 5.73 Å². The maximum atomic E-state index is 12.3. The van der Waals surface area contributed by atoms with Crippen LogP contribution in [-0.4, -0.2) is 18.6 Å². The Bertz CT molecular complexity index is 696. The molecule has 2 aromatic rings. The monoisotopic (exact) mass is 280 g/mol. The van der Waals surface area contributed by atoms with Crippen LogP contribution in [0.1, 0.15) is 16.8 Å². The number of hydrogen-bond acceptors (Lipinski definition) is 4. The second-order valence-electron chi connectivity index (χ2n) is 4.49. The van der Waals surface area contributed by atoms with Gasteiger partial charge in [-0.1, -0.05) is 0 Å². The SMILES string of the molecule is Cc1cc(N)cc(C)c1NS(=O)(=O)c1cn[nH]c1C. The van der Waals surface area contributed by atoms with E-state index >= 15 is 0 Å². The van der Waals surface area contributed by atoms with Crippen LogP contribution >= 0.6 is 0 Å². The minimum atomic E-state index is -3.64. The molecular weight excluding hydrogens is 264 g/mol. The first-order valence-corrected chi connectivity index (χ1v) is 7.19. The molecule has 0 bridgehead atoms. The largest absolute Gasteiger partial charge is 0.399 e. The fourth-order valence-electron chi connectivity index (χ4n) is 1.96. The molecule has 0 aliphatic heterocycles. The van der Waals surface area contributed by atoms with Gasteiger partial charge >= 0.3 is 0 Å². The lowest BCUT2D eigenvalue weighted by molar-refractivity contribution is 0.600. The lowest BCUT2D eigenvalue weighted by atomic mass is 10.1. The number of nitrogens with zero attached hydrogens (tertiary/aromatic N) is 1. The summed E-state index contributed by atoms with van der Waals surface area (Å²) in [5.74, 6) is 0. The van der Waals surface area contributed by atoms with Gasteiger partial charge in [-0.25, -0.2) is 8.42 Å². The average molecular weight is 280 g/mol. The van der Waals surface area contributed by atoms with Crippen molar-refractivity contribution in [3.63, 3.8) is 0 Å². The lowest BCUT2D eigenvalue weighted by Gasteiger charge is -2.13. The van der Waals surface area contributed by atoms with Gasteiger partial charge in [0.1, 0.15) is 4.90 Å². The van der Waals surface area contributed by atoms with Gasteiger partial charge in [-0.3, -0.25) is 9.82 Å². The highest BCUT2D eigenvalue weighted by Crippen LogP contribution is 2.26. The Balaban J connectivity index is 2.45. The predicted molar refractivity (Wildman–Crippen MR) is 74.5 cm³/mol. The van der Waals surface area contributed by atoms with E-state index < -0.39 is 10.0 Å². The summed E-state index contributed by atoms with van der Waals surface area (Å²) in [6.07, 6.45) is 1.29. The van der Waals surface area contributed by atoms with Gasteiger partial charge in [0.05, 0.1) is 17.6 Å². The molecule has 0 saturated heterocycles. The quantitative estimate of drug-likeness (QED) is 0.745. The highest BCUT2D eigenvalue weighted by molar-refractivity contribution is 7.92. The minimum absolute atomic E-state index is 0.142. The highest BCUT2D eigenvalue weighted by Gasteiger charge is 2.20. The number of anilines is 2. The third-order valence-electron chi connectivity index (χ3n) is 2.86. The van der Waals surface area contributed by atoms with Gasteiger partial charge in [0.15, 0.2) is 0 Å². The zero-order chi connectivity index (χ0) is 14.2. The fraction of sp³-hybridized carbons (Fsp3) is 0.250. The Morgan fingerprint density at radius 2 is 1.79 bits per heavy atom. The van der Waals surface area contributed by atoms with E-state index in [2.05, 4.69) is 14.9 Å². The van der Waals surface area contributed by atoms with Crippen LogP contribution in [0.2, 0.25) is 0 Å². The van der Waals surface area contributed by atoms with Crippen LogP contribution in [0.5, 0.6) is 0 Å². The topological polar surface area (TPSA) is 101 Å². The van der Waals surface area contributed by atoms with E-state index in [1.165, 1.54) is 6.20 Å². The van der Waals surface area contributed by atoms with Crippen molar-refractivity contribution in [1.82, 2.24) is 10.2 Å². The summed E-state index contributed by atoms with van der Waals surface area (Å²) < 4.78 is 27.1. The summed E-state index contributed by atoms with van der Waals surface area (Å²) in [4.78, 5) is 0.142. The molecule has 0 atom stereocenters. The molecule has 0 spiro atoms. The van der Waals surface area contributed by atoms with Crippen LogP contribution in [0.4, 0.5) is 11.4 Å². The second kappa shape index (κ2) is 4.58. The van der Waals surface area contributed by atoms with E-state index in [0.29, 0.717) is 17.1 Å². The third-order valence-corrected chi connectivity index (χ3v) is 4.33. The number of nitrogens with two attached hydrogens (primary N) is 1. The Morgan fingerprint density at radius 3 is 2.26 bits per heavy atom. The summed E-state index contributed by atoms with van der Waals surface area (Å²) in [6.45, 7) is 5.27. The molecule has 102 valence electrons. The molecule has 0 radical (unpaired) electrons. The van der Waals surface area contributed by atoms with Crippen LogP contribution in [-0.2, 0) is 10.0 Å². The van der Waals surface area contributed by atoms with Gasteiger partial charge in [0.2, 0.25) is 0 Å². The van der Waals surface area contributed by atoms with E-state index in [4.69, 9.17) is 5.73 Å². The Hall–Kier alpha value is -2.02. The van der Waals surface area contributed by atoms with E-state index in [-0.39, 0.29) is 4.90 Å². The summed E-state index contributed by atoms with van der Waals surface area (Å²) in [6, 6.07) is 3.46. The van der Waals surface area contributed by atoms with Crippen LogP contribution in [0.15, 0.2) is 23.2 Å². The normalized spacial score (nSPS) is 11.5. The standard InChI is InChI=1S/C12H16N4O2S/c1-7-4-10(13)5-8(2)12(7)16-19(17,18)11-6-14-15-9(11)3/h4-6,16H,13H2,1-3H3,(H,14,15). The predicted octanol–water partition coefficient (Wildman–Crippen LogP) is 1.72. The van der Waals surface area contributed by atoms with E-state index in [1.807, 2.05) is 13.8 Å². The number of aromatic amines is 1. The zero-order valence-corrected chi connectivity index (χ0v) is 11.8. The number of H-pyrrole nitrogens is 1. The van der Waals surface area contributed by atoms with Crippen molar-refractivity contribution < 1.29 is 8.42 Å². The van der Waals surface area contributed by atoms with Gasteiger partial charge in [-0.15, -0.1) is 0 Å². The fourth-order valence-corrected chi connectivity index (χ4v) is 3.30. The maximum Gasteiger partial charge on any atom is 0.265 e. The van der Waals surface area contributed by atoms with Crippen molar-refractivity contribution in [1.29, 1.82) is 0 Å². The summed E-state index contributed by atoms with van der Waals surface area (Å²) in [5.41, 5.74) is 8.94. The molecule has 0 saturated carbocycles. The van der Waals surface area contributed by atoms with Crippen LogP contribution in [0, 0.1) is 20.8 Å². The molecule has 6 nitrogen and oxygen atoms in total. The highest BCUT2D eigenvalue weighted by atomic mass is 32.2. The number of sulfonamides is 1. The molecule has 1 heterocycles. The first-order chi connectivity index (χ1) is 8.81. The molecule has 19 heavy (non-hydrogen) atoms. The number of benzene rings is 1. The van der Waals surface area contributed by atoms with Crippen molar-refractivity contribution >= 4 is 21.4 Å². The van der Waals surface area contributed by atoms with Crippen molar-refractivity contribution in [2.45, 2.75) is 25.7 Å². The summed E-state index contributed by atoms with van der Waals surface area (Å²) >= 11 is 0. The zero-order valence-electron chi connectivity index (χ0n) is 11.0. The Labute approximate surface area is 112 Å². The number of nitrogens with one attached hydrogen (secondary N) is 2.